The molecule has 0 aromatic heterocycles. The van der Waals surface area contributed by atoms with Crippen LogP contribution in [0.2, 0.25) is 0 Å². The van der Waals surface area contributed by atoms with E-state index in [0.717, 1.165) is 0 Å². The number of rotatable bonds is 3. The third kappa shape index (κ3) is 600. The van der Waals surface area contributed by atoms with Crippen LogP contribution in [0, 0.1) is 0 Å². The maximum atomic E-state index is 9.82. The van der Waals surface area contributed by atoms with E-state index in [1.165, 1.54) is 20.8 Å². The van der Waals surface area contributed by atoms with E-state index in [0.29, 0.717) is 19.8 Å². The van der Waals surface area contributed by atoms with Crippen LogP contribution in [0.25, 0.3) is 0 Å². The number of esters is 3. The molecule has 0 amide bonds. The largest absolute Gasteiger partial charge is 0.466 e. The van der Waals surface area contributed by atoms with Gasteiger partial charge in [0.15, 0.2) is 30.1 Å². The van der Waals surface area contributed by atoms with Crippen LogP contribution in [-0.2, 0) is 28.6 Å². The van der Waals surface area contributed by atoms with Crippen molar-refractivity contribution in [1.29, 1.82) is 0 Å². The van der Waals surface area contributed by atoms with Crippen molar-refractivity contribution < 1.29 is 28.6 Å². The molecule has 0 unspecified atom stereocenters. The van der Waals surface area contributed by atoms with Gasteiger partial charge in [0.05, 0.1) is 19.8 Å². The van der Waals surface area contributed by atoms with Crippen molar-refractivity contribution in [2.24, 2.45) is 0 Å². The quantitative estimate of drug-likeness (QED) is 0.159. The lowest BCUT2D eigenvalue weighted by atomic mass is 10.8. The fraction of sp³-hybridized carbons (Fsp3) is 0.842. The second-order valence-electron chi connectivity index (χ2n) is 4.51. The minimum absolute atomic E-state index is 0.211. The van der Waals surface area contributed by atoms with Crippen LogP contribution in [-0.4, -0.2) is 67.8 Å². The molecule has 0 aliphatic heterocycles. The zero-order valence-electron chi connectivity index (χ0n) is 24.0. The molecule has 0 saturated carbocycles. The first-order chi connectivity index (χ1) is 20.4. The summed E-state index contributed by atoms with van der Waals surface area (Å²) in [6, 6.07) is 0. The second kappa shape index (κ2) is 71.0. The van der Waals surface area contributed by atoms with E-state index in [4.69, 9.17) is 244 Å². The zero-order valence-corrected chi connectivity index (χ0v) is 39.9. The molecule has 0 radical (unpaired) electrons. The molecule has 0 aromatic rings. The van der Waals surface area contributed by atoms with E-state index in [1.807, 2.05) is 0 Å². The Hall–Kier alpha value is 4.50. The van der Waals surface area contributed by atoms with Crippen molar-refractivity contribution in [3.63, 3.8) is 0 Å². The topological polar surface area (TPSA) is 78.9 Å². The maximum absolute atomic E-state index is 9.82. The Kier molecular flexibility index (Phi) is 116. The Morgan fingerprint density at radius 3 is 0.391 bits per heavy atom. The van der Waals surface area contributed by atoms with Gasteiger partial charge >= 0.3 is 17.9 Å². The van der Waals surface area contributed by atoms with Crippen LogP contribution >= 0.6 is 244 Å². The average Bonchev–Trinajstić information content (AvgIpc) is 2.71. The van der Waals surface area contributed by atoms with Gasteiger partial charge in [0.1, 0.15) is 0 Å². The van der Waals surface area contributed by atoms with E-state index in [1.54, 1.807) is 20.8 Å². The molecule has 290 valence electrons. The van der Waals surface area contributed by atoms with Crippen LogP contribution in [0.1, 0.15) is 41.5 Å². The molecule has 0 N–H and O–H groups in total. The lowest BCUT2D eigenvalue weighted by molar-refractivity contribution is -0.141. The van der Waals surface area contributed by atoms with Crippen molar-refractivity contribution in [1.82, 2.24) is 0 Å². The molecular weight excluding hydrogens is 1070 g/mol. The predicted molar refractivity (Wildman–Crippen MR) is 216 cm³/mol. The third-order valence-corrected chi connectivity index (χ3v) is 1.04. The molecule has 0 heterocycles. The molecule has 0 aliphatic carbocycles. The van der Waals surface area contributed by atoms with Crippen molar-refractivity contribution >= 4 is 262 Å². The third-order valence-electron chi connectivity index (χ3n) is 1.04. The van der Waals surface area contributed by atoms with Crippen molar-refractivity contribution in [3.8, 4) is 0 Å². The first-order valence-electron chi connectivity index (χ1n) is 10.3. The van der Waals surface area contributed by atoms with Crippen LogP contribution in [0.5, 0.6) is 0 Å². The number of ether oxygens (including phenoxy) is 3. The number of hydrogen-bond acceptors (Lipinski definition) is 6. The van der Waals surface area contributed by atoms with Gasteiger partial charge in [-0.15, -0.1) is 0 Å². The Labute approximate surface area is 377 Å². The maximum Gasteiger partial charge on any atom is 0.302 e. The van der Waals surface area contributed by atoms with Crippen LogP contribution in [0.3, 0.4) is 0 Å². The Balaban J connectivity index is -0.0000000394. The van der Waals surface area contributed by atoms with Gasteiger partial charge in [0.2, 0.25) is 0 Å². The number of carbonyl (C=O) groups excluding carboxylic acids is 3. The molecule has 0 spiro atoms. The molecular formula is C19H31Cl21O6. The fourth-order valence-electron chi connectivity index (χ4n) is 0.610. The summed E-state index contributed by atoms with van der Waals surface area (Å²) < 4.78 is 7.96. The molecule has 6 nitrogen and oxygen atoms in total. The summed E-state index contributed by atoms with van der Waals surface area (Å²) in [4.78, 5) is 29.5. The number of halogens is 21. The zero-order chi connectivity index (χ0) is 40.0. The first-order valence-corrected chi connectivity index (χ1v) is 19.5. The summed E-state index contributed by atoms with van der Waals surface area (Å²) in [5.41, 5.74) is 0. The van der Waals surface area contributed by atoms with Gasteiger partial charge in [-0.05, 0) is 20.8 Å². The summed E-state index contributed by atoms with van der Waals surface area (Å²) in [5.74, 6) is -0.632. The molecule has 46 heavy (non-hydrogen) atoms. The standard InChI is InChI=1S/3C4H8O2.7CHCl3/c3*1-3-6-4(2)5;7*2-1(3)4/h3*3H2,1-2H3;7*1H. The van der Waals surface area contributed by atoms with E-state index in [2.05, 4.69) is 14.2 Å². The van der Waals surface area contributed by atoms with Gasteiger partial charge in [-0.2, -0.15) is 0 Å². The van der Waals surface area contributed by atoms with E-state index in [-0.39, 0.29) is 17.9 Å². The summed E-state index contributed by atoms with van der Waals surface area (Å²) in [6.07, 6.45) is 0. The summed E-state index contributed by atoms with van der Waals surface area (Å²) >= 11 is 101. The fourth-order valence-corrected chi connectivity index (χ4v) is 0.610. The average molecular weight is 1100 g/mol. The van der Waals surface area contributed by atoms with E-state index in [9.17, 15) is 14.4 Å². The van der Waals surface area contributed by atoms with Crippen LogP contribution in [0.15, 0.2) is 0 Å². The van der Waals surface area contributed by atoms with Gasteiger partial charge in [0.25, 0.3) is 0 Å². The molecule has 0 atom stereocenters. The molecule has 27 heteroatoms. The number of hydrogen-bond donors (Lipinski definition) is 0. The summed E-state index contributed by atoms with van der Waals surface area (Å²) in [6.45, 7) is 11.0. The second-order valence-corrected chi connectivity index (χ2v) is 18.4. The predicted octanol–water partition coefficient (Wildman–Crippen LogP) is 15.6. The summed E-state index contributed by atoms with van der Waals surface area (Å²) in [7, 11) is 0. The minimum atomic E-state index is -0.750. The molecule has 0 rings (SSSR count). The minimum Gasteiger partial charge on any atom is -0.466 e. The van der Waals surface area contributed by atoms with Gasteiger partial charge in [-0.1, -0.05) is 244 Å². The number of carbonyl (C=O) groups is 3. The highest BCUT2D eigenvalue weighted by atomic mass is 35.6. The van der Waals surface area contributed by atoms with Crippen molar-refractivity contribution in [2.75, 3.05) is 19.8 Å². The Morgan fingerprint density at radius 1 is 0.326 bits per heavy atom. The van der Waals surface area contributed by atoms with Crippen LogP contribution < -0.4 is 0 Å². The smallest absolute Gasteiger partial charge is 0.302 e. The lowest BCUT2D eigenvalue weighted by Gasteiger charge is -1.89. The molecule has 0 saturated heterocycles. The molecule has 0 fully saturated rings. The summed E-state index contributed by atoms with van der Waals surface area (Å²) in [5, 5.41) is 0. The highest BCUT2D eigenvalue weighted by Crippen LogP contribution is 2.06. The van der Waals surface area contributed by atoms with Crippen LogP contribution in [0.4, 0.5) is 0 Å². The van der Waals surface area contributed by atoms with Gasteiger partial charge in [-0.3, -0.25) is 14.4 Å². The molecule has 0 aliphatic rings. The normalized spacial score (nSPS) is 8.48. The highest BCUT2D eigenvalue weighted by molar-refractivity contribution is 6.65. The SMILES string of the molecule is CCOC(C)=O.CCOC(C)=O.CCOC(C)=O.ClC(Cl)Cl.ClC(Cl)Cl.ClC(Cl)Cl.ClC(Cl)Cl.ClC(Cl)Cl.ClC(Cl)Cl.ClC(Cl)Cl. The van der Waals surface area contributed by atoms with E-state index < -0.39 is 30.1 Å². The van der Waals surface area contributed by atoms with Gasteiger partial charge in [0, 0.05) is 20.8 Å². The Bertz CT molecular complexity index is 418. The molecule has 0 bridgehead atoms. The van der Waals surface area contributed by atoms with E-state index >= 15 is 0 Å². The monoisotopic (exact) mass is 1090 g/mol. The van der Waals surface area contributed by atoms with Crippen molar-refractivity contribution in [2.45, 2.75) is 71.6 Å². The number of alkyl halides is 21. The van der Waals surface area contributed by atoms with Gasteiger partial charge < -0.3 is 14.2 Å². The first kappa shape index (κ1) is 75.4. The Morgan fingerprint density at radius 2 is 0.391 bits per heavy atom. The van der Waals surface area contributed by atoms with Crippen molar-refractivity contribution in [3.05, 3.63) is 0 Å². The highest BCUT2D eigenvalue weighted by Gasteiger charge is 1.84. The lowest BCUT2D eigenvalue weighted by Crippen LogP contribution is -1.95. The molecule has 0 aromatic carbocycles. The van der Waals surface area contributed by atoms with Gasteiger partial charge in [-0.25, -0.2) is 0 Å².